The van der Waals surface area contributed by atoms with Gasteiger partial charge in [-0.15, -0.1) is 11.6 Å². The maximum Gasteiger partial charge on any atom is 0.234 e. The molecule has 2 heterocycles. The molecule has 0 bridgehead atoms. The summed E-state index contributed by atoms with van der Waals surface area (Å²) in [7, 11) is 0. The van der Waals surface area contributed by atoms with Gasteiger partial charge in [0.15, 0.2) is 5.82 Å². The van der Waals surface area contributed by atoms with Crippen LogP contribution in [0, 0.1) is 5.92 Å². The molecule has 0 amide bonds. The summed E-state index contributed by atoms with van der Waals surface area (Å²) in [5, 5.41) is 0. The van der Waals surface area contributed by atoms with Crippen LogP contribution in [-0.4, -0.2) is 35.0 Å². The van der Waals surface area contributed by atoms with E-state index in [4.69, 9.17) is 16.3 Å². The molecule has 1 aliphatic rings. The summed E-state index contributed by atoms with van der Waals surface area (Å²) in [5.74, 6) is 2.70. The first-order chi connectivity index (χ1) is 8.76. The van der Waals surface area contributed by atoms with Gasteiger partial charge in [-0.25, -0.2) is 0 Å². The van der Waals surface area contributed by atoms with Crippen LogP contribution in [0.5, 0.6) is 5.88 Å². The van der Waals surface area contributed by atoms with Crippen molar-refractivity contribution in [1.82, 2.24) is 9.97 Å². The molecule has 0 aromatic carbocycles. The summed E-state index contributed by atoms with van der Waals surface area (Å²) in [6.45, 7) is 5.97. The van der Waals surface area contributed by atoms with Crippen molar-refractivity contribution in [3.63, 3.8) is 0 Å². The second-order valence-corrected chi connectivity index (χ2v) is 5.05. The summed E-state index contributed by atoms with van der Waals surface area (Å²) < 4.78 is 5.52. The number of aromatic nitrogens is 2. The average molecular weight is 270 g/mol. The lowest BCUT2D eigenvalue weighted by molar-refractivity contribution is 0.304. The second-order valence-electron chi connectivity index (χ2n) is 4.74. The third-order valence-electron chi connectivity index (χ3n) is 3.39. The lowest BCUT2D eigenvalue weighted by Gasteiger charge is -2.25. The number of ether oxygens (including phenoxy) is 1. The van der Waals surface area contributed by atoms with Crippen LogP contribution in [0.15, 0.2) is 12.4 Å². The quantitative estimate of drug-likeness (QED) is 0.771. The summed E-state index contributed by atoms with van der Waals surface area (Å²) in [6, 6.07) is 0.349. The van der Waals surface area contributed by atoms with E-state index < -0.39 is 0 Å². The van der Waals surface area contributed by atoms with Crippen molar-refractivity contribution in [1.29, 1.82) is 0 Å². The highest BCUT2D eigenvalue weighted by molar-refractivity contribution is 6.18. The number of hydrogen-bond donors (Lipinski definition) is 0. The first-order valence-corrected chi connectivity index (χ1v) is 7.07. The van der Waals surface area contributed by atoms with Crippen LogP contribution in [0.25, 0.3) is 0 Å². The van der Waals surface area contributed by atoms with E-state index >= 15 is 0 Å². The van der Waals surface area contributed by atoms with Crippen LogP contribution in [0.4, 0.5) is 5.82 Å². The molecule has 4 nitrogen and oxygen atoms in total. The minimum atomic E-state index is 0.349. The number of nitrogens with zero attached hydrogens (tertiary/aromatic N) is 3. The van der Waals surface area contributed by atoms with Gasteiger partial charge in [-0.05, 0) is 18.8 Å². The van der Waals surface area contributed by atoms with Crippen molar-refractivity contribution in [2.24, 2.45) is 5.92 Å². The fraction of sp³-hybridized carbons (Fsp3) is 0.692. The molecule has 1 aliphatic heterocycles. The summed E-state index contributed by atoms with van der Waals surface area (Å²) in [4.78, 5) is 11.0. The summed E-state index contributed by atoms with van der Waals surface area (Å²) in [6.07, 6.45) is 5.57. The number of halogens is 1. The average Bonchev–Trinajstić information content (AvgIpc) is 2.77. The van der Waals surface area contributed by atoms with Gasteiger partial charge in [0.1, 0.15) is 0 Å². The molecule has 1 aromatic heterocycles. The first-order valence-electron chi connectivity index (χ1n) is 6.53. The molecule has 1 aromatic rings. The van der Waals surface area contributed by atoms with E-state index in [2.05, 4.69) is 28.7 Å². The Balaban J connectivity index is 2.12. The van der Waals surface area contributed by atoms with Crippen LogP contribution < -0.4 is 9.64 Å². The smallest absolute Gasteiger partial charge is 0.234 e. The fourth-order valence-electron chi connectivity index (χ4n) is 2.28. The Kier molecular flexibility index (Phi) is 4.64. The Morgan fingerprint density at radius 2 is 2.33 bits per heavy atom. The molecule has 2 rings (SSSR count). The molecule has 0 radical (unpaired) electrons. The van der Waals surface area contributed by atoms with Crippen molar-refractivity contribution in [2.45, 2.75) is 32.7 Å². The molecule has 2 unspecified atom stereocenters. The van der Waals surface area contributed by atoms with Gasteiger partial charge in [-0.2, -0.15) is 4.98 Å². The molecule has 18 heavy (non-hydrogen) atoms. The standard InChI is InChI=1S/C13H20ClN3O/c1-3-6-18-13-9-15-8-12(16-13)17-5-4-10(2)11(17)7-14/h8-11H,3-7H2,1-2H3. The van der Waals surface area contributed by atoms with Gasteiger partial charge in [0, 0.05) is 18.5 Å². The van der Waals surface area contributed by atoms with Gasteiger partial charge in [0.2, 0.25) is 5.88 Å². The predicted octanol–water partition coefficient (Wildman–Crippen LogP) is 2.72. The zero-order chi connectivity index (χ0) is 13.0. The van der Waals surface area contributed by atoms with Gasteiger partial charge in [-0.3, -0.25) is 4.98 Å². The number of rotatable bonds is 5. The highest BCUT2D eigenvalue weighted by atomic mass is 35.5. The molecule has 100 valence electrons. The number of anilines is 1. The van der Waals surface area contributed by atoms with E-state index in [1.165, 1.54) is 0 Å². The third kappa shape index (κ3) is 2.86. The van der Waals surface area contributed by atoms with Crippen LogP contribution in [-0.2, 0) is 0 Å². The normalized spacial score (nSPS) is 23.4. The van der Waals surface area contributed by atoms with Crippen molar-refractivity contribution in [3.8, 4) is 5.88 Å². The van der Waals surface area contributed by atoms with Crippen LogP contribution in [0.1, 0.15) is 26.7 Å². The van der Waals surface area contributed by atoms with Crippen LogP contribution >= 0.6 is 11.6 Å². The largest absolute Gasteiger partial charge is 0.477 e. The topological polar surface area (TPSA) is 38.2 Å². The van der Waals surface area contributed by atoms with Gasteiger partial charge >= 0.3 is 0 Å². The van der Waals surface area contributed by atoms with E-state index in [9.17, 15) is 0 Å². The van der Waals surface area contributed by atoms with E-state index in [0.29, 0.717) is 30.3 Å². The molecular formula is C13H20ClN3O. The number of hydrogen-bond acceptors (Lipinski definition) is 4. The Morgan fingerprint density at radius 1 is 1.50 bits per heavy atom. The van der Waals surface area contributed by atoms with Gasteiger partial charge in [0.25, 0.3) is 0 Å². The van der Waals surface area contributed by atoms with E-state index in [1.807, 2.05) is 0 Å². The van der Waals surface area contributed by atoms with Crippen molar-refractivity contribution in [2.75, 3.05) is 23.9 Å². The molecule has 0 N–H and O–H groups in total. The maximum atomic E-state index is 6.05. The third-order valence-corrected chi connectivity index (χ3v) is 3.70. The predicted molar refractivity (Wildman–Crippen MR) is 73.5 cm³/mol. The van der Waals surface area contributed by atoms with Gasteiger partial charge < -0.3 is 9.64 Å². The van der Waals surface area contributed by atoms with Crippen molar-refractivity contribution in [3.05, 3.63) is 12.4 Å². The Morgan fingerprint density at radius 3 is 3.06 bits per heavy atom. The molecule has 0 spiro atoms. The molecule has 2 atom stereocenters. The minimum Gasteiger partial charge on any atom is -0.477 e. The van der Waals surface area contributed by atoms with E-state index in [-0.39, 0.29) is 0 Å². The lowest BCUT2D eigenvalue weighted by atomic mass is 10.1. The van der Waals surface area contributed by atoms with E-state index in [0.717, 1.165) is 25.2 Å². The molecule has 1 fully saturated rings. The molecule has 1 saturated heterocycles. The SMILES string of the molecule is CCCOc1cncc(N2CCC(C)C2CCl)n1. The fourth-order valence-corrected chi connectivity index (χ4v) is 2.75. The lowest BCUT2D eigenvalue weighted by Crippen LogP contribution is -2.34. The highest BCUT2D eigenvalue weighted by Crippen LogP contribution is 2.29. The Hall–Kier alpha value is -1.03. The first kappa shape index (κ1) is 13.4. The van der Waals surface area contributed by atoms with Gasteiger partial charge in [0.05, 0.1) is 19.0 Å². The molecular weight excluding hydrogens is 250 g/mol. The zero-order valence-corrected chi connectivity index (χ0v) is 11.7. The van der Waals surface area contributed by atoms with Crippen LogP contribution in [0.2, 0.25) is 0 Å². The summed E-state index contributed by atoms with van der Waals surface area (Å²) in [5.41, 5.74) is 0. The summed E-state index contributed by atoms with van der Waals surface area (Å²) >= 11 is 6.05. The zero-order valence-electron chi connectivity index (χ0n) is 11.0. The number of alkyl halides is 1. The van der Waals surface area contributed by atoms with Gasteiger partial charge in [-0.1, -0.05) is 13.8 Å². The van der Waals surface area contributed by atoms with Crippen molar-refractivity contribution < 1.29 is 4.74 Å². The van der Waals surface area contributed by atoms with Crippen LogP contribution in [0.3, 0.4) is 0 Å². The van der Waals surface area contributed by atoms with E-state index in [1.54, 1.807) is 12.4 Å². The highest BCUT2D eigenvalue weighted by Gasteiger charge is 2.31. The maximum absolute atomic E-state index is 6.05. The minimum absolute atomic E-state index is 0.349. The Bertz CT molecular complexity index is 388. The monoisotopic (exact) mass is 269 g/mol. The molecule has 5 heteroatoms. The molecule has 0 saturated carbocycles. The van der Waals surface area contributed by atoms with Crippen molar-refractivity contribution >= 4 is 17.4 Å². The second kappa shape index (κ2) is 6.23. The molecule has 0 aliphatic carbocycles. The Labute approximate surface area is 113 Å².